The Hall–Kier alpha value is -2.93. The van der Waals surface area contributed by atoms with Gasteiger partial charge in [-0.05, 0) is 49.4 Å². The number of rotatable bonds is 6. The zero-order valence-corrected chi connectivity index (χ0v) is 20.2. The summed E-state index contributed by atoms with van der Waals surface area (Å²) >= 11 is 6.57. The molecular weight excluding hydrogens is 450 g/mol. The lowest BCUT2D eigenvalue weighted by molar-refractivity contribution is 0.173. The molecule has 2 unspecified atom stereocenters. The molecule has 6 nitrogen and oxygen atoms in total. The van der Waals surface area contributed by atoms with E-state index in [1.807, 2.05) is 50.3 Å². The van der Waals surface area contributed by atoms with E-state index in [2.05, 4.69) is 22.2 Å². The third kappa shape index (κ3) is 3.96. The highest BCUT2D eigenvalue weighted by molar-refractivity contribution is 6.31. The first-order valence-corrected chi connectivity index (χ1v) is 12.0. The van der Waals surface area contributed by atoms with Crippen molar-refractivity contribution in [3.05, 3.63) is 80.7 Å². The van der Waals surface area contributed by atoms with E-state index in [0.29, 0.717) is 23.6 Å². The van der Waals surface area contributed by atoms with Crippen LogP contribution in [0.15, 0.2) is 45.9 Å². The molecule has 2 N–H and O–H groups in total. The minimum atomic E-state index is -0.537. The smallest absolute Gasteiger partial charge is 0.182 e. The van der Waals surface area contributed by atoms with Crippen LogP contribution >= 0.6 is 11.6 Å². The first-order chi connectivity index (χ1) is 16.5. The van der Waals surface area contributed by atoms with Gasteiger partial charge in [-0.3, -0.25) is 4.99 Å². The maximum absolute atomic E-state index is 10.3. The van der Waals surface area contributed by atoms with Crippen molar-refractivity contribution in [3.63, 3.8) is 0 Å². The van der Waals surface area contributed by atoms with Gasteiger partial charge in [0.15, 0.2) is 11.9 Å². The van der Waals surface area contributed by atoms with Crippen molar-refractivity contribution < 1.29 is 14.4 Å². The Morgan fingerprint density at radius 3 is 2.97 bits per heavy atom. The van der Waals surface area contributed by atoms with Crippen LogP contribution in [0.1, 0.15) is 71.7 Å². The summed E-state index contributed by atoms with van der Waals surface area (Å²) in [7, 11) is 0. The molecule has 0 fully saturated rings. The molecule has 34 heavy (non-hydrogen) atoms. The molecule has 0 aliphatic carbocycles. The average molecular weight is 478 g/mol. The van der Waals surface area contributed by atoms with Gasteiger partial charge in [0.2, 0.25) is 0 Å². The molecule has 3 heterocycles. The normalized spacial score (nSPS) is 18.2. The molecule has 5 rings (SSSR count). The number of aromatic nitrogens is 1. The van der Waals surface area contributed by atoms with Gasteiger partial charge in [0.25, 0.3) is 0 Å². The molecule has 0 spiro atoms. The van der Waals surface area contributed by atoms with Crippen LogP contribution in [-0.4, -0.2) is 23.5 Å². The lowest BCUT2D eigenvalue weighted by Crippen LogP contribution is -2.24. The van der Waals surface area contributed by atoms with Crippen LogP contribution in [0, 0.1) is 0 Å². The molecule has 1 aromatic heterocycles. The number of nitrogens with zero attached hydrogens (tertiary/aromatic N) is 2. The largest absolute Gasteiger partial charge is 0.481 e. The summed E-state index contributed by atoms with van der Waals surface area (Å²) in [4.78, 5) is 4.26. The monoisotopic (exact) mass is 477 g/mol. The first-order valence-electron chi connectivity index (χ1n) is 11.7. The molecule has 0 radical (unpaired) electrons. The van der Waals surface area contributed by atoms with Crippen molar-refractivity contribution in [1.82, 2.24) is 10.5 Å². The number of hydrogen-bond donors (Lipinski definition) is 2. The second-order valence-corrected chi connectivity index (χ2v) is 9.15. The molecule has 3 aromatic rings. The van der Waals surface area contributed by atoms with Crippen molar-refractivity contribution in [1.29, 1.82) is 0 Å². The van der Waals surface area contributed by atoms with Crippen LogP contribution in [0.25, 0.3) is 5.57 Å². The zero-order valence-electron chi connectivity index (χ0n) is 19.4. The summed E-state index contributed by atoms with van der Waals surface area (Å²) < 4.78 is 12.3. The molecule has 2 aliphatic rings. The number of aliphatic hydroxyl groups excluding tert-OH is 1. The Bertz CT molecular complexity index is 1280. The van der Waals surface area contributed by atoms with Crippen molar-refractivity contribution >= 4 is 29.6 Å². The fraction of sp³-hybridized carbons (Fsp3) is 0.333. The maximum atomic E-state index is 10.3. The number of nitrogens with one attached hydrogen (secondary N) is 1. The van der Waals surface area contributed by atoms with Crippen LogP contribution in [0.3, 0.4) is 0 Å². The predicted molar refractivity (Wildman–Crippen MR) is 134 cm³/mol. The van der Waals surface area contributed by atoms with Gasteiger partial charge in [-0.25, -0.2) is 0 Å². The number of aliphatic hydroxyl groups is 1. The van der Waals surface area contributed by atoms with Gasteiger partial charge >= 0.3 is 0 Å². The van der Waals surface area contributed by atoms with Gasteiger partial charge in [-0.1, -0.05) is 41.9 Å². The molecule has 7 heteroatoms. The van der Waals surface area contributed by atoms with E-state index < -0.39 is 6.10 Å². The molecule has 0 bridgehead atoms. The molecule has 2 atom stereocenters. The number of benzene rings is 2. The van der Waals surface area contributed by atoms with Gasteiger partial charge in [-0.15, -0.1) is 0 Å². The fourth-order valence-electron chi connectivity index (χ4n) is 4.89. The van der Waals surface area contributed by atoms with E-state index >= 15 is 0 Å². The first kappa shape index (κ1) is 22.8. The Kier molecular flexibility index (Phi) is 6.30. The summed E-state index contributed by atoms with van der Waals surface area (Å²) in [6, 6.07) is 9.69. The van der Waals surface area contributed by atoms with E-state index in [1.54, 1.807) is 0 Å². The standard InChI is InChI=1S/C27H28ClN3O3/c1-4-18(19-7-6-15(24(32)5-2)11-23(19)29-3)20-13-17(28)10-16-12-25(33-26(16)20)27-21-14-30-9-8-22(21)31-34-27/h4,6-7,10-11,13,24-25,30,32H,3,5,8-9,12,14H2,1-2H3/b18-4+. The number of hydrogen-bond acceptors (Lipinski definition) is 6. The van der Waals surface area contributed by atoms with Crippen molar-refractivity contribution in [2.45, 2.75) is 51.9 Å². The van der Waals surface area contributed by atoms with Gasteiger partial charge in [-0.2, -0.15) is 0 Å². The highest BCUT2D eigenvalue weighted by atomic mass is 35.5. The predicted octanol–water partition coefficient (Wildman–Crippen LogP) is 5.88. The van der Waals surface area contributed by atoms with Crippen LogP contribution in [0.2, 0.25) is 5.02 Å². The van der Waals surface area contributed by atoms with Crippen LogP contribution in [0.5, 0.6) is 5.75 Å². The molecule has 2 aliphatic heterocycles. The Balaban J connectivity index is 1.54. The number of halogens is 1. The van der Waals surface area contributed by atoms with E-state index in [-0.39, 0.29) is 6.10 Å². The number of ether oxygens (including phenoxy) is 1. The highest BCUT2D eigenvalue weighted by Gasteiger charge is 2.34. The summed E-state index contributed by atoms with van der Waals surface area (Å²) in [5.41, 5.74) is 7.42. The van der Waals surface area contributed by atoms with E-state index in [9.17, 15) is 5.11 Å². The molecule has 0 saturated carbocycles. The molecule has 2 aromatic carbocycles. The SMILES string of the molecule is C=Nc1cc(C(O)CC)ccc1/C(=C\C)c1cc(Cl)cc2c1OC(c1onc3c1CNCC3)C2. The van der Waals surface area contributed by atoms with E-state index in [4.69, 9.17) is 20.9 Å². The van der Waals surface area contributed by atoms with E-state index in [1.165, 1.54) is 0 Å². The van der Waals surface area contributed by atoms with Gasteiger partial charge in [0.1, 0.15) is 5.75 Å². The molecule has 0 saturated heterocycles. The number of fused-ring (bicyclic) bond motifs is 2. The van der Waals surface area contributed by atoms with Gasteiger partial charge in [0, 0.05) is 53.2 Å². The molecular formula is C27H28ClN3O3. The summed E-state index contributed by atoms with van der Waals surface area (Å²) in [5, 5.41) is 18.6. The summed E-state index contributed by atoms with van der Waals surface area (Å²) in [6.07, 6.45) is 3.40. The third-order valence-electron chi connectivity index (χ3n) is 6.66. The van der Waals surface area contributed by atoms with Crippen LogP contribution < -0.4 is 10.1 Å². The number of allylic oxidation sites excluding steroid dienone is 1. The van der Waals surface area contributed by atoms with Crippen LogP contribution in [0.4, 0.5) is 5.69 Å². The average Bonchev–Trinajstić information content (AvgIpc) is 3.48. The Labute approximate surface area is 204 Å². The molecule has 176 valence electrons. The molecule has 0 amide bonds. The minimum Gasteiger partial charge on any atom is -0.481 e. The lowest BCUT2D eigenvalue weighted by atomic mass is 9.92. The topological polar surface area (TPSA) is 79.9 Å². The van der Waals surface area contributed by atoms with Gasteiger partial charge in [0.05, 0.1) is 17.5 Å². The Morgan fingerprint density at radius 1 is 1.35 bits per heavy atom. The lowest BCUT2D eigenvalue weighted by Gasteiger charge is -2.18. The quantitative estimate of drug-likeness (QED) is 0.433. The van der Waals surface area contributed by atoms with Gasteiger partial charge < -0.3 is 19.7 Å². The number of aliphatic imine (C=N–C) groups is 1. The second kappa shape index (κ2) is 9.37. The van der Waals surface area contributed by atoms with Crippen molar-refractivity contribution in [2.75, 3.05) is 6.54 Å². The third-order valence-corrected chi connectivity index (χ3v) is 6.88. The summed E-state index contributed by atoms with van der Waals surface area (Å²) in [6.45, 7) is 9.34. The summed E-state index contributed by atoms with van der Waals surface area (Å²) in [5.74, 6) is 1.58. The van der Waals surface area contributed by atoms with Crippen molar-refractivity contribution in [2.24, 2.45) is 4.99 Å². The van der Waals surface area contributed by atoms with Crippen molar-refractivity contribution in [3.8, 4) is 5.75 Å². The zero-order chi connectivity index (χ0) is 23.8. The van der Waals surface area contributed by atoms with Crippen LogP contribution in [-0.2, 0) is 19.4 Å². The highest BCUT2D eigenvalue weighted by Crippen LogP contribution is 2.47. The minimum absolute atomic E-state index is 0.249. The maximum Gasteiger partial charge on any atom is 0.182 e. The van der Waals surface area contributed by atoms with E-state index in [0.717, 1.165) is 70.1 Å². The second-order valence-electron chi connectivity index (χ2n) is 8.71. The fourth-order valence-corrected chi connectivity index (χ4v) is 5.13. The Morgan fingerprint density at radius 2 is 2.21 bits per heavy atom.